The van der Waals surface area contributed by atoms with Crippen molar-refractivity contribution in [2.24, 2.45) is 5.92 Å². The van der Waals surface area contributed by atoms with Gasteiger partial charge in [0.15, 0.2) is 0 Å². The predicted molar refractivity (Wildman–Crippen MR) is 89.5 cm³/mol. The molecule has 2 rings (SSSR count). The lowest BCUT2D eigenvalue weighted by molar-refractivity contribution is -0.133. The number of benzene rings is 1. The van der Waals surface area contributed by atoms with Crippen LogP contribution < -0.4 is 10.1 Å². The number of hydrogen-bond donors (Lipinski definition) is 1. The van der Waals surface area contributed by atoms with Crippen molar-refractivity contribution in [1.29, 1.82) is 0 Å². The van der Waals surface area contributed by atoms with E-state index < -0.39 is 6.04 Å². The van der Waals surface area contributed by atoms with Gasteiger partial charge in [-0.1, -0.05) is 32.4 Å². The first kappa shape index (κ1) is 17.3. The molecule has 5 heteroatoms. The summed E-state index contributed by atoms with van der Waals surface area (Å²) in [4.78, 5) is 27.2. The number of hydrogen-bond acceptors (Lipinski definition) is 3. The van der Waals surface area contributed by atoms with Gasteiger partial charge >= 0.3 is 0 Å². The lowest BCUT2D eigenvalue weighted by Crippen LogP contribution is -2.51. The first-order valence-electron chi connectivity index (χ1n) is 8.31. The predicted octanol–water partition coefficient (Wildman–Crippen LogP) is 2.46. The van der Waals surface area contributed by atoms with E-state index >= 15 is 0 Å². The molecule has 0 aliphatic carbocycles. The molecule has 2 atom stereocenters. The molecule has 1 saturated heterocycles. The van der Waals surface area contributed by atoms with Crippen LogP contribution in [0, 0.1) is 5.92 Å². The van der Waals surface area contributed by atoms with Crippen LogP contribution in [0.3, 0.4) is 0 Å². The van der Waals surface area contributed by atoms with Gasteiger partial charge in [-0.3, -0.25) is 9.59 Å². The Morgan fingerprint density at radius 2 is 1.91 bits per heavy atom. The fraction of sp³-hybridized carbons (Fsp3) is 0.556. The van der Waals surface area contributed by atoms with Gasteiger partial charge in [0, 0.05) is 13.1 Å². The van der Waals surface area contributed by atoms with Crippen LogP contribution in [0.4, 0.5) is 0 Å². The molecule has 2 unspecified atom stereocenters. The van der Waals surface area contributed by atoms with Gasteiger partial charge in [0.1, 0.15) is 11.8 Å². The number of ether oxygens (including phenoxy) is 1. The van der Waals surface area contributed by atoms with Crippen molar-refractivity contribution in [3.8, 4) is 5.75 Å². The van der Waals surface area contributed by atoms with E-state index in [4.69, 9.17) is 4.74 Å². The van der Waals surface area contributed by atoms with Gasteiger partial charge in [-0.15, -0.1) is 0 Å². The molecule has 126 valence electrons. The highest BCUT2D eigenvalue weighted by Gasteiger charge is 2.31. The summed E-state index contributed by atoms with van der Waals surface area (Å²) in [5.41, 5.74) is 0.456. The number of likely N-dealkylation sites (tertiary alicyclic amines) is 1. The van der Waals surface area contributed by atoms with E-state index in [1.165, 1.54) is 7.11 Å². The minimum atomic E-state index is -0.490. The number of carbonyl (C=O) groups excluding carboxylic acids is 2. The molecule has 5 nitrogen and oxygen atoms in total. The molecule has 1 heterocycles. The summed E-state index contributed by atoms with van der Waals surface area (Å²) in [5, 5.41) is 2.93. The molecule has 1 aromatic carbocycles. The molecule has 1 aliphatic heterocycles. The molecular weight excluding hydrogens is 292 g/mol. The van der Waals surface area contributed by atoms with Crippen LogP contribution in [-0.2, 0) is 4.79 Å². The molecule has 2 amide bonds. The number of nitrogens with one attached hydrogen (secondary N) is 1. The van der Waals surface area contributed by atoms with Crippen molar-refractivity contribution >= 4 is 11.8 Å². The van der Waals surface area contributed by atoms with Crippen LogP contribution in [-0.4, -0.2) is 43.0 Å². The summed E-state index contributed by atoms with van der Waals surface area (Å²) in [5.74, 6) is 0.365. The Morgan fingerprint density at radius 3 is 2.52 bits per heavy atom. The molecule has 1 aliphatic rings. The SMILES string of the molecule is CCC(C)C(NC(=O)c1ccccc1OC)C(=O)N1CCCC1. The number of para-hydroxylation sites is 1. The number of nitrogens with zero attached hydrogens (tertiary/aromatic N) is 1. The Kier molecular flexibility index (Phi) is 6.02. The first-order valence-corrected chi connectivity index (χ1v) is 8.31. The van der Waals surface area contributed by atoms with Crippen LogP contribution in [0.2, 0.25) is 0 Å². The average Bonchev–Trinajstić information content (AvgIpc) is 3.12. The molecule has 23 heavy (non-hydrogen) atoms. The van der Waals surface area contributed by atoms with E-state index in [-0.39, 0.29) is 17.7 Å². The summed E-state index contributed by atoms with van der Waals surface area (Å²) >= 11 is 0. The van der Waals surface area contributed by atoms with E-state index in [2.05, 4.69) is 5.32 Å². The fourth-order valence-corrected chi connectivity index (χ4v) is 2.87. The number of amides is 2. The van der Waals surface area contributed by atoms with E-state index in [1.807, 2.05) is 24.8 Å². The molecular formula is C18H26N2O3. The lowest BCUT2D eigenvalue weighted by atomic mass is 9.97. The highest BCUT2D eigenvalue weighted by molar-refractivity contribution is 5.99. The monoisotopic (exact) mass is 318 g/mol. The highest BCUT2D eigenvalue weighted by atomic mass is 16.5. The Balaban J connectivity index is 2.16. The van der Waals surface area contributed by atoms with E-state index in [0.717, 1.165) is 32.4 Å². The van der Waals surface area contributed by atoms with Crippen LogP contribution in [0.1, 0.15) is 43.5 Å². The number of carbonyl (C=O) groups is 2. The van der Waals surface area contributed by atoms with Crippen LogP contribution in [0.25, 0.3) is 0 Å². The summed E-state index contributed by atoms with van der Waals surface area (Å²) in [6.07, 6.45) is 2.91. The van der Waals surface area contributed by atoms with Gasteiger partial charge in [0.2, 0.25) is 5.91 Å². The maximum Gasteiger partial charge on any atom is 0.255 e. The van der Waals surface area contributed by atoms with Gasteiger partial charge in [0.25, 0.3) is 5.91 Å². The Morgan fingerprint density at radius 1 is 1.26 bits per heavy atom. The molecule has 0 saturated carbocycles. The number of methoxy groups -OCH3 is 1. The summed E-state index contributed by atoms with van der Waals surface area (Å²) in [7, 11) is 1.54. The molecule has 1 aromatic rings. The topological polar surface area (TPSA) is 58.6 Å². The zero-order valence-electron chi connectivity index (χ0n) is 14.2. The molecule has 0 bridgehead atoms. The van der Waals surface area contributed by atoms with Gasteiger partial charge in [-0.05, 0) is 30.9 Å². The zero-order chi connectivity index (χ0) is 16.8. The fourth-order valence-electron chi connectivity index (χ4n) is 2.87. The zero-order valence-corrected chi connectivity index (χ0v) is 14.2. The smallest absolute Gasteiger partial charge is 0.255 e. The highest BCUT2D eigenvalue weighted by Crippen LogP contribution is 2.20. The Hall–Kier alpha value is -2.04. The minimum Gasteiger partial charge on any atom is -0.496 e. The van der Waals surface area contributed by atoms with Crippen molar-refractivity contribution in [2.45, 2.75) is 39.2 Å². The van der Waals surface area contributed by atoms with Gasteiger partial charge in [-0.2, -0.15) is 0 Å². The Bertz CT molecular complexity index is 553. The third-order valence-electron chi connectivity index (χ3n) is 4.53. The quantitative estimate of drug-likeness (QED) is 0.876. The third kappa shape index (κ3) is 4.03. The second-order valence-electron chi connectivity index (χ2n) is 6.07. The molecule has 0 aromatic heterocycles. The van der Waals surface area contributed by atoms with Crippen molar-refractivity contribution in [3.05, 3.63) is 29.8 Å². The van der Waals surface area contributed by atoms with E-state index in [9.17, 15) is 9.59 Å². The van der Waals surface area contributed by atoms with Crippen molar-refractivity contribution < 1.29 is 14.3 Å². The summed E-state index contributed by atoms with van der Waals surface area (Å²) < 4.78 is 5.24. The van der Waals surface area contributed by atoms with Crippen molar-refractivity contribution in [3.63, 3.8) is 0 Å². The Labute approximate surface area is 138 Å². The maximum absolute atomic E-state index is 12.7. The molecule has 1 fully saturated rings. The van der Waals surface area contributed by atoms with Crippen LogP contribution in [0.5, 0.6) is 5.75 Å². The van der Waals surface area contributed by atoms with Gasteiger partial charge < -0.3 is 15.0 Å². The molecule has 1 N–H and O–H groups in total. The van der Waals surface area contributed by atoms with Crippen molar-refractivity contribution in [2.75, 3.05) is 20.2 Å². The average molecular weight is 318 g/mol. The normalized spacial score (nSPS) is 16.7. The molecule has 0 radical (unpaired) electrons. The summed E-state index contributed by atoms with van der Waals surface area (Å²) in [6, 6.07) is 6.57. The maximum atomic E-state index is 12.7. The first-order chi connectivity index (χ1) is 11.1. The second-order valence-corrected chi connectivity index (χ2v) is 6.07. The number of rotatable bonds is 6. The van der Waals surface area contributed by atoms with Gasteiger partial charge in [0.05, 0.1) is 12.7 Å². The lowest BCUT2D eigenvalue weighted by Gasteiger charge is -2.28. The standard InChI is InChI=1S/C18H26N2O3/c1-4-13(2)16(18(22)20-11-7-8-12-20)19-17(21)14-9-5-6-10-15(14)23-3/h5-6,9-10,13,16H,4,7-8,11-12H2,1-3H3,(H,19,21). The van der Waals surface area contributed by atoms with Crippen LogP contribution >= 0.6 is 0 Å². The van der Waals surface area contributed by atoms with Gasteiger partial charge in [-0.25, -0.2) is 0 Å². The minimum absolute atomic E-state index is 0.0279. The third-order valence-corrected chi connectivity index (χ3v) is 4.53. The largest absolute Gasteiger partial charge is 0.496 e. The van der Waals surface area contributed by atoms with Crippen LogP contribution in [0.15, 0.2) is 24.3 Å². The van der Waals surface area contributed by atoms with E-state index in [0.29, 0.717) is 11.3 Å². The van der Waals surface area contributed by atoms with Crippen molar-refractivity contribution in [1.82, 2.24) is 10.2 Å². The summed E-state index contributed by atoms with van der Waals surface area (Å²) in [6.45, 7) is 5.61. The van der Waals surface area contributed by atoms with E-state index in [1.54, 1.807) is 18.2 Å². The molecule has 0 spiro atoms. The second kappa shape index (κ2) is 7.99.